The molecule has 0 aliphatic heterocycles. The fraction of sp³-hybridized carbons (Fsp3) is 0.353. The van der Waals surface area contributed by atoms with Gasteiger partial charge in [0.15, 0.2) is 0 Å². The molecule has 40 heavy (non-hydrogen) atoms. The molecule has 0 aliphatic carbocycles. The summed E-state index contributed by atoms with van der Waals surface area (Å²) >= 11 is 0. The van der Waals surface area contributed by atoms with Crippen LogP contribution < -0.4 is 0 Å². The van der Waals surface area contributed by atoms with Crippen molar-refractivity contribution in [2.24, 2.45) is 5.92 Å². The third-order valence-electron chi connectivity index (χ3n) is 7.89. The summed E-state index contributed by atoms with van der Waals surface area (Å²) in [6, 6.07) is 14.8. The molecule has 0 fully saturated rings. The van der Waals surface area contributed by atoms with Gasteiger partial charge in [0.25, 0.3) is 0 Å². The van der Waals surface area contributed by atoms with Crippen molar-refractivity contribution in [3.8, 4) is 22.5 Å². The third kappa shape index (κ3) is 6.27. The Balaban J connectivity index is 1.92. The normalized spacial score (nSPS) is 13.3. The Morgan fingerprint density at radius 3 is 1.70 bits per heavy atom. The van der Waals surface area contributed by atoms with Crippen LogP contribution in [0.15, 0.2) is 60.7 Å². The van der Waals surface area contributed by atoms with Crippen molar-refractivity contribution >= 4 is 0 Å². The lowest BCUT2D eigenvalue weighted by Gasteiger charge is -2.27. The number of aromatic nitrogens is 2. The van der Waals surface area contributed by atoms with Gasteiger partial charge in [-0.15, -0.1) is 0 Å². The van der Waals surface area contributed by atoms with Gasteiger partial charge in [-0.2, -0.15) is 0 Å². The third-order valence-corrected chi connectivity index (χ3v) is 7.89. The molecule has 2 aromatic heterocycles. The van der Waals surface area contributed by atoms with Crippen LogP contribution in [-0.2, 0) is 11.8 Å². The van der Waals surface area contributed by atoms with E-state index in [0.29, 0.717) is 28.7 Å². The fourth-order valence-corrected chi connectivity index (χ4v) is 4.77. The average molecular weight is 549 g/mol. The highest BCUT2D eigenvalue weighted by molar-refractivity contribution is 5.63. The number of rotatable bonds is 9. The zero-order valence-electron chi connectivity index (χ0n) is 24.0. The number of hydrogen-bond acceptors (Lipinski definition) is 2. The lowest BCUT2D eigenvalue weighted by atomic mass is 9.81. The van der Waals surface area contributed by atoms with E-state index in [4.69, 9.17) is 9.97 Å². The first kappa shape index (κ1) is 29.4. The van der Waals surface area contributed by atoms with Gasteiger partial charge in [0.2, 0.25) is 0 Å². The van der Waals surface area contributed by atoms with E-state index in [0.717, 1.165) is 42.5 Å². The number of halogens is 4. The minimum Gasteiger partial charge on any atom is -0.252 e. The standard InChI is InChI=1S/C34H36F4N2/c1-7-20(3)13-22-14-30(26-11-9-24(35)18-28(26)37)39-32(15-22)34(5,6)33-17-23(21(4)8-2)16-31(40-33)27-12-10-25(36)19-29(27)38/h9-12,14-21H,7-8,13H2,1-6H3. The summed E-state index contributed by atoms with van der Waals surface area (Å²) in [6.45, 7) is 12.4. The second kappa shape index (κ2) is 11.9. The highest BCUT2D eigenvalue weighted by atomic mass is 19.1. The molecule has 0 spiro atoms. The molecule has 210 valence electrons. The van der Waals surface area contributed by atoms with Gasteiger partial charge in [0.05, 0.1) is 22.8 Å². The zero-order chi connectivity index (χ0) is 29.2. The fourth-order valence-electron chi connectivity index (χ4n) is 4.77. The Labute approximate surface area is 234 Å². The van der Waals surface area contributed by atoms with Crippen LogP contribution in [0.2, 0.25) is 0 Å². The van der Waals surface area contributed by atoms with Crippen LogP contribution in [-0.4, -0.2) is 9.97 Å². The smallest absolute Gasteiger partial charge is 0.135 e. The lowest BCUT2D eigenvalue weighted by Crippen LogP contribution is -2.24. The van der Waals surface area contributed by atoms with Crippen LogP contribution in [0.4, 0.5) is 17.6 Å². The van der Waals surface area contributed by atoms with Gasteiger partial charge in [0.1, 0.15) is 23.3 Å². The predicted octanol–water partition coefficient (Wildman–Crippen LogP) is 9.79. The van der Waals surface area contributed by atoms with Gasteiger partial charge < -0.3 is 0 Å². The van der Waals surface area contributed by atoms with Crippen molar-refractivity contribution < 1.29 is 17.6 Å². The maximum atomic E-state index is 14.9. The Bertz CT molecular complexity index is 1510. The molecule has 2 atom stereocenters. The van der Waals surface area contributed by atoms with Gasteiger partial charge in [-0.05, 0) is 98.2 Å². The number of hydrogen-bond donors (Lipinski definition) is 0. The Morgan fingerprint density at radius 1 is 0.675 bits per heavy atom. The zero-order valence-corrected chi connectivity index (χ0v) is 24.0. The van der Waals surface area contributed by atoms with Gasteiger partial charge >= 0.3 is 0 Å². The van der Waals surface area contributed by atoms with Crippen molar-refractivity contribution in [1.82, 2.24) is 9.97 Å². The van der Waals surface area contributed by atoms with Gasteiger partial charge in [-0.25, -0.2) is 17.6 Å². The summed E-state index contributed by atoms with van der Waals surface area (Å²) in [4.78, 5) is 9.75. The van der Waals surface area contributed by atoms with Crippen molar-refractivity contribution in [1.29, 1.82) is 0 Å². The molecule has 2 nitrogen and oxygen atoms in total. The molecule has 2 heterocycles. The molecule has 0 N–H and O–H groups in total. The minimum absolute atomic E-state index is 0.174. The van der Waals surface area contributed by atoms with Gasteiger partial charge in [-0.3, -0.25) is 9.97 Å². The summed E-state index contributed by atoms with van der Waals surface area (Å²) in [5.74, 6) is -2.09. The topological polar surface area (TPSA) is 25.8 Å². The van der Waals surface area contributed by atoms with Crippen LogP contribution in [0, 0.1) is 29.2 Å². The van der Waals surface area contributed by atoms with Crippen LogP contribution in [0.25, 0.3) is 22.5 Å². The van der Waals surface area contributed by atoms with E-state index in [-0.39, 0.29) is 17.0 Å². The van der Waals surface area contributed by atoms with E-state index in [9.17, 15) is 17.6 Å². The van der Waals surface area contributed by atoms with E-state index in [2.05, 4.69) is 27.7 Å². The molecular weight excluding hydrogens is 512 g/mol. The number of pyridine rings is 2. The molecular formula is C34H36F4N2. The molecule has 0 radical (unpaired) electrons. The van der Waals surface area contributed by atoms with E-state index < -0.39 is 28.7 Å². The number of nitrogens with zero attached hydrogens (tertiary/aromatic N) is 2. The van der Waals surface area contributed by atoms with E-state index >= 15 is 0 Å². The molecule has 0 aliphatic rings. The van der Waals surface area contributed by atoms with Crippen LogP contribution in [0.3, 0.4) is 0 Å². The lowest BCUT2D eigenvalue weighted by molar-refractivity contribution is 0.554. The summed E-state index contributed by atoms with van der Waals surface area (Å²) in [7, 11) is 0. The second-order valence-electron chi connectivity index (χ2n) is 11.3. The second-order valence-corrected chi connectivity index (χ2v) is 11.3. The molecule has 2 unspecified atom stereocenters. The first-order valence-electron chi connectivity index (χ1n) is 13.9. The van der Waals surface area contributed by atoms with Crippen molar-refractivity contribution in [3.05, 3.63) is 106 Å². The van der Waals surface area contributed by atoms with Gasteiger partial charge in [0, 0.05) is 28.7 Å². The molecule has 4 aromatic rings. The SMILES string of the molecule is CCC(C)Cc1cc(-c2ccc(F)cc2F)nc(C(C)(C)c2cc(C(C)CC)cc(-c3ccc(F)cc3F)n2)c1. The van der Waals surface area contributed by atoms with E-state index in [1.807, 2.05) is 38.1 Å². The van der Waals surface area contributed by atoms with Gasteiger partial charge in [-0.1, -0.05) is 34.1 Å². The minimum atomic E-state index is -0.758. The summed E-state index contributed by atoms with van der Waals surface area (Å²) in [5, 5.41) is 0. The Morgan fingerprint density at radius 2 is 1.20 bits per heavy atom. The van der Waals surface area contributed by atoms with Crippen molar-refractivity contribution in [2.45, 2.75) is 72.1 Å². The van der Waals surface area contributed by atoms with E-state index in [1.54, 1.807) is 0 Å². The maximum Gasteiger partial charge on any atom is 0.135 e. The summed E-state index contributed by atoms with van der Waals surface area (Å²) < 4.78 is 57.1. The highest BCUT2D eigenvalue weighted by Gasteiger charge is 2.30. The highest BCUT2D eigenvalue weighted by Crippen LogP contribution is 2.36. The van der Waals surface area contributed by atoms with Crippen LogP contribution >= 0.6 is 0 Å². The first-order valence-corrected chi connectivity index (χ1v) is 13.9. The molecule has 6 heteroatoms. The molecule has 0 saturated carbocycles. The molecule has 0 amide bonds. The molecule has 0 bridgehead atoms. The van der Waals surface area contributed by atoms with Crippen LogP contribution in [0.1, 0.15) is 82.8 Å². The summed E-state index contributed by atoms with van der Waals surface area (Å²) in [6.07, 6.45) is 2.61. The number of benzene rings is 2. The molecule has 0 saturated heterocycles. The summed E-state index contributed by atoms with van der Waals surface area (Å²) in [5.41, 5.74) is 3.84. The van der Waals surface area contributed by atoms with Crippen molar-refractivity contribution in [3.63, 3.8) is 0 Å². The first-order chi connectivity index (χ1) is 18.9. The average Bonchev–Trinajstić information content (AvgIpc) is 2.92. The van der Waals surface area contributed by atoms with Crippen molar-refractivity contribution in [2.75, 3.05) is 0 Å². The van der Waals surface area contributed by atoms with Crippen LogP contribution in [0.5, 0.6) is 0 Å². The molecule has 4 rings (SSSR count). The maximum absolute atomic E-state index is 14.9. The Hall–Kier alpha value is -3.54. The predicted molar refractivity (Wildman–Crippen MR) is 153 cm³/mol. The van der Waals surface area contributed by atoms with E-state index in [1.165, 1.54) is 24.3 Å². The monoisotopic (exact) mass is 548 g/mol. The quantitative estimate of drug-likeness (QED) is 0.195. The Kier molecular flexibility index (Phi) is 8.77. The molecule has 2 aromatic carbocycles. The largest absolute Gasteiger partial charge is 0.252 e.